The molecule has 3 aromatic carbocycles. The molecule has 0 spiro atoms. The highest BCUT2D eigenvalue weighted by Gasteiger charge is 2.49. The molecule has 4 unspecified atom stereocenters. The lowest BCUT2D eigenvalue weighted by Crippen LogP contribution is -2.54. The lowest BCUT2D eigenvalue weighted by atomic mass is 9.75. The summed E-state index contributed by atoms with van der Waals surface area (Å²) in [5.41, 5.74) is -0.763. The number of quaternary nitrogens is 2. The van der Waals surface area contributed by atoms with Gasteiger partial charge in [0.25, 0.3) is 0 Å². The summed E-state index contributed by atoms with van der Waals surface area (Å²) >= 11 is 0. The molecular weight excluding hydrogens is 681 g/mol. The summed E-state index contributed by atoms with van der Waals surface area (Å²) in [7, 11) is 7.78. The SMILES string of the molecule is C[N+](C)(CC(=O)c1ccc(C(=O)C[N+](C)(C)CC2CCCCC2(C#N)OC(=O)c2ccccc2)cc1)CC1CCCCC1(C#N)OC(=O)c1ccccc1. The van der Waals surface area contributed by atoms with Gasteiger partial charge in [0, 0.05) is 24.0 Å². The fraction of sp³-hybridized carbons (Fsp3) is 0.455. The molecule has 282 valence electrons. The monoisotopic (exact) mass is 732 g/mol. The van der Waals surface area contributed by atoms with E-state index >= 15 is 0 Å². The van der Waals surface area contributed by atoms with Crippen LogP contribution in [0.3, 0.4) is 0 Å². The van der Waals surface area contributed by atoms with Crippen molar-refractivity contribution >= 4 is 23.5 Å². The molecule has 4 atom stereocenters. The maximum atomic E-state index is 13.6. The number of nitriles is 2. The predicted molar refractivity (Wildman–Crippen MR) is 203 cm³/mol. The molecule has 0 amide bonds. The van der Waals surface area contributed by atoms with Crippen molar-refractivity contribution in [2.45, 2.75) is 62.6 Å². The van der Waals surface area contributed by atoms with Crippen molar-refractivity contribution in [2.24, 2.45) is 11.8 Å². The lowest BCUT2D eigenvalue weighted by Gasteiger charge is -2.42. The molecule has 2 fully saturated rings. The van der Waals surface area contributed by atoms with Crippen molar-refractivity contribution in [1.29, 1.82) is 10.5 Å². The summed E-state index contributed by atoms with van der Waals surface area (Å²) in [6.07, 6.45) is 5.73. The smallest absolute Gasteiger partial charge is 0.339 e. The Morgan fingerprint density at radius 2 is 0.926 bits per heavy atom. The molecular formula is C44H52N4O6+2. The van der Waals surface area contributed by atoms with Gasteiger partial charge in [-0.15, -0.1) is 0 Å². The average Bonchev–Trinajstić information content (AvgIpc) is 3.16. The van der Waals surface area contributed by atoms with Crippen LogP contribution in [-0.2, 0) is 9.47 Å². The molecule has 0 N–H and O–H groups in total. The first-order valence-corrected chi connectivity index (χ1v) is 18.9. The van der Waals surface area contributed by atoms with Gasteiger partial charge in [-0.2, -0.15) is 10.5 Å². The summed E-state index contributed by atoms with van der Waals surface area (Å²) < 4.78 is 12.5. The number of Topliss-reactive ketones (excluding diaryl/α,β-unsaturated/α-hetero) is 2. The number of likely N-dealkylation sites (N-methyl/N-ethyl adjacent to an activating group) is 2. The number of hydrogen-bond acceptors (Lipinski definition) is 8. The van der Waals surface area contributed by atoms with Crippen LogP contribution in [0.5, 0.6) is 0 Å². The van der Waals surface area contributed by atoms with Gasteiger partial charge in [0.15, 0.2) is 0 Å². The minimum absolute atomic E-state index is 0.0926. The van der Waals surface area contributed by atoms with Crippen LogP contribution in [0.1, 0.15) is 92.8 Å². The molecule has 2 aliphatic rings. The minimum atomic E-state index is -1.27. The molecule has 5 rings (SSSR count). The van der Waals surface area contributed by atoms with Gasteiger partial charge in [-0.3, -0.25) is 9.59 Å². The molecule has 3 aromatic rings. The number of rotatable bonds is 14. The maximum Gasteiger partial charge on any atom is 0.339 e. The Morgan fingerprint density at radius 3 is 1.26 bits per heavy atom. The number of esters is 2. The number of carbonyl (C=O) groups excluding carboxylic acids is 4. The third kappa shape index (κ3) is 9.68. The van der Waals surface area contributed by atoms with Crippen molar-refractivity contribution in [2.75, 3.05) is 54.4 Å². The number of nitrogens with zero attached hydrogens (tertiary/aromatic N) is 4. The Balaban J connectivity index is 1.20. The number of hydrogen-bond donors (Lipinski definition) is 0. The van der Waals surface area contributed by atoms with Crippen molar-refractivity contribution in [3.8, 4) is 12.1 Å². The fourth-order valence-electron chi connectivity index (χ4n) is 8.24. The van der Waals surface area contributed by atoms with Crippen LogP contribution in [0, 0.1) is 34.5 Å². The zero-order valence-electron chi connectivity index (χ0n) is 32.0. The molecule has 0 saturated heterocycles. The van der Waals surface area contributed by atoms with Crippen LogP contribution in [0.2, 0.25) is 0 Å². The normalized spacial score (nSPS) is 22.9. The molecule has 10 nitrogen and oxygen atoms in total. The Labute approximate surface area is 319 Å². The lowest BCUT2D eigenvalue weighted by molar-refractivity contribution is -0.886. The minimum Gasteiger partial charge on any atom is -0.439 e. The molecule has 0 aromatic heterocycles. The summed E-state index contributed by atoms with van der Waals surface area (Å²) in [5, 5.41) is 20.7. The van der Waals surface area contributed by atoms with E-state index in [1.54, 1.807) is 72.8 Å². The molecule has 10 heteroatoms. The van der Waals surface area contributed by atoms with E-state index < -0.39 is 23.1 Å². The third-order valence-corrected chi connectivity index (χ3v) is 11.1. The van der Waals surface area contributed by atoms with Crippen molar-refractivity contribution in [1.82, 2.24) is 0 Å². The van der Waals surface area contributed by atoms with Gasteiger partial charge in [-0.1, -0.05) is 73.5 Å². The third-order valence-electron chi connectivity index (χ3n) is 11.1. The van der Waals surface area contributed by atoms with Gasteiger partial charge in [-0.05, 0) is 49.9 Å². The van der Waals surface area contributed by atoms with Gasteiger partial charge < -0.3 is 18.4 Å². The zero-order chi connectivity index (χ0) is 39.0. The Morgan fingerprint density at radius 1 is 0.574 bits per heavy atom. The Kier molecular flexibility index (Phi) is 12.5. The molecule has 0 bridgehead atoms. The maximum absolute atomic E-state index is 13.6. The highest BCUT2D eigenvalue weighted by molar-refractivity contribution is 6.00. The first kappa shape index (κ1) is 40.0. The van der Waals surface area contributed by atoms with E-state index in [-0.39, 0.29) is 36.5 Å². The van der Waals surface area contributed by atoms with Gasteiger partial charge in [0.1, 0.15) is 25.2 Å². The van der Waals surface area contributed by atoms with E-state index in [1.165, 1.54) is 0 Å². The second-order valence-electron chi connectivity index (χ2n) is 16.4. The standard InChI is InChI=1S/C44H52N4O6/c1-47(2,27-37-19-11-13-25-43(37,31-45)53-41(51)35-15-7-5-8-16-35)29-39(49)33-21-23-34(24-22-33)40(50)30-48(3,4)28-38-20-12-14-26-44(38,32-46)54-42(52)36-17-9-6-10-18-36/h5-10,15-18,21-24,37-38H,11-14,19-20,25-30H2,1-4H3/q+2. The van der Waals surface area contributed by atoms with E-state index in [4.69, 9.17) is 9.47 Å². The number of carbonyl (C=O) groups is 4. The average molecular weight is 733 g/mol. The van der Waals surface area contributed by atoms with Crippen molar-refractivity contribution in [3.63, 3.8) is 0 Å². The predicted octanol–water partition coefficient (Wildman–Crippen LogP) is 6.82. The Bertz CT molecular complexity index is 1760. The van der Waals surface area contributed by atoms with Crippen LogP contribution < -0.4 is 0 Å². The first-order chi connectivity index (χ1) is 25.7. The van der Waals surface area contributed by atoms with Crippen LogP contribution in [0.25, 0.3) is 0 Å². The fourth-order valence-corrected chi connectivity index (χ4v) is 8.24. The Hall–Kier alpha value is -5.16. The molecule has 0 radical (unpaired) electrons. The summed E-state index contributed by atoms with van der Waals surface area (Å²) in [5.74, 6) is -1.70. The number of ketones is 2. The van der Waals surface area contributed by atoms with E-state index in [0.717, 1.165) is 25.7 Å². The molecule has 54 heavy (non-hydrogen) atoms. The highest BCUT2D eigenvalue weighted by Crippen LogP contribution is 2.40. The molecule has 0 aliphatic heterocycles. The van der Waals surface area contributed by atoms with Crippen molar-refractivity contribution in [3.05, 3.63) is 107 Å². The van der Waals surface area contributed by atoms with Crippen LogP contribution in [0.4, 0.5) is 0 Å². The summed E-state index contributed by atoms with van der Waals surface area (Å²) in [6.45, 7) is 1.28. The second-order valence-corrected chi connectivity index (χ2v) is 16.4. The van der Waals surface area contributed by atoms with Crippen molar-refractivity contribution < 1.29 is 37.6 Å². The molecule has 2 aliphatic carbocycles. The first-order valence-electron chi connectivity index (χ1n) is 18.9. The molecule has 2 saturated carbocycles. The molecule has 0 heterocycles. The quantitative estimate of drug-likeness (QED) is 0.100. The van der Waals surface area contributed by atoms with E-state index in [9.17, 15) is 29.7 Å². The summed E-state index contributed by atoms with van der Waals surface area (Å²) in [4.78, 5) is 53.2. The van der Waals surface area contributed by atoms with Crippen LogP contribution >= 0.6 is 0 Å². The van der Waals surface area contributed by atoms with Crippen LogP contribution in [0.15, 0.2) is 84.9 Å². The topological polar surface area (TPSA) is 134 Å². The van der Waals surface area contributed by atoms with Crippen LogP contribution in [-0.4, -0.2) is 98.0 Å². The second kappa shape index (κ2) is 16.9. The summed E-state index contributed by atoms with van der Waals surface area (Å²) in [6, 6.07) is 28.8. The number of benzene rings is 3. The van der Waals surface area contributed by atoms with E-state index in [0.29, 0.717) is 70.0 Å². The van der Waals surface area contributed by atoms with E-state index in [2.05, 4.69) is 12.1 Å². The zero-order valence-corrected chi connectivity index (χ0v) is 32.0. The van der Waals surface area contributed by atoms with E-state index in [1.807, 2.05) is 40.3 Å². The van der Waals surface area contributed by atoms with Gasteiger partial charge in [-0.25, -0.2) is 9.59 Å². The van der Waals surface area contributed by atoms with Gasteiger partial charge >= 0.3 is 11.9 Å². The van der Waals surface area contributed by atoms with Gasteiger partial charge in [0.05, 0.1) is 64.2 Å². The van der Waals surface area contributed by atoms with Gasteiger partial charge in [0.2, 0.25) is 22.8 Å². The largest absolute Gasteiger partial charge is 0.439 e. The highest BCUT2D eigenvalue weighted by atomic mass is 16.6. The number of ether oxygens (including phenoxy) is 2.